The average Bonchev–Trinajstić information content (AvgIpc) is 3.20. The van der Waals surface area contributed by atoms with Crippen molar-refractivity contribution in [3.63, 3.8) is 0 Å². The smallest absolute Gasteiger partial charge is 0.270 e. The maximum absolute atomic E-state index is 13.1. The van der Waals surface area contributed by atoms with Crippen molar-refractivity contribution in [3.8, 4) is 0 Å². The van der Waals surface area contributed by atoms with E-state index in [1.54, 1.807) is 6.92 Å². The number of carbonyl (C=O) groups excluding carboxylic acids is 2. The van der Waals surface area contributed by atoms with Crippen molar-refractivity contribution in [2.45, 2.75) is 46.1 Å². The molecule has 1 aromatic heterocycles. The minimum atomic E-state index is 0.0383. The van der Waals surface area contributed by atoms with Gasteiger partial charge < -0.3 is 15.2 Å². The zero-order valence-corrected chi connectivity index (χ0v) is 15.7. The summed E-state index contributed by atoms with van der Waals surface area (Å²) in [6.07, 6.45) is 2.71. The van der Waals surface area contributed by atoms with Crippen molar-refractivity contribution in [1.82, 2.24) is 20.1 Å². The molecule has 25 heavy (non-hydrogen) atoms. The standard InChI is InChI=1S/C19H30N4O2/c1-4-5-16-17(14(3)24)13(2)21-18(16)19(25)23-9-6-15(12-23)22-10-7-20-8-11-22/h15,20-21H,4-12H2,1-3H3. The number of piperazine rings is 1. The molecule has 6 nitrogen and oxygen atoms in total. The second-order valence-corrected chi connectivity index (χ2v) is 7.26. The summed E-state index contributed by atoms with van der Waals surface area (Å²) < 4.78 is 0. The lowest BCUT2D eigenvalue weighted by atomic mass is 10.0. The predicted octanol–water partition coefficient (Wildman–Crippen LogP) is 1.60. The summed E-state index contributed by atoms with van der Waals surface area (Å²) in [7, 11) is 0. The van der Waals surface area contributed by atoms with Crippen molar-refractivity contribution < 1.29 is 9.59 Å². The monoisotopic (exact) mass is 346 g/mol. The molecule has 0 radical (unpaired) electrons. The van der Waals surface area contributed by atoms with E-state index >= 15 is 0 Å². The Morgan fingerprint density at radius 2 is 1.92 bits per heavy atom. The number of nitrogens with one attached hydrogen (secondary N) is 2. The maximum Gasteiger partial charge on any atom is 0.270 e. The minimum Gasteiger partial charge on any atom is -0.354 e. The van der Waals surface area contributed by atoms with Crippen LogP contribution in [0, 0.1) is 6.92 Å². The highest BCUT2D eigenvalue weighted by Gasteiger charge is 2.33. The third-order valence-electron chi connectivity index (χ3n) is 5.48. The van der Waals surface area contributed by atoms with E-state index < -0.39 is 0 Å². The molecular formula is C19H30N4O2. The van der Waals surface area contributed by atoms with E-state index in [9.17, 15) is 9.59 Å². The highest BCUT2D eigenvalue weighted by molar-refractivity contribution is 6.02. The lowest BCUT2D eigenvalue weighted by Crippen LogP contribution is -2.49. The highest BCUT2D eigenvalue weighted by Crippen LogP contribution is 2.25. The fourth-order valence-corrected chi connectivity index (χ4v) is 4.27. The maximum atomic E-state index is 13.1. The Kier molecular flexibility index (Phi) is 5.59. The molecule has 0 aromatic carbocycles. The van der Waals surface area contributed by atoms with Crippen molar-refractivity contribution in [1.29, 1.82) is 0 Å². The molecule has 1 aromatic rings. The normalized spacial score (nSPS) is 21.7. The van der Waals surface area contributed by atoms with Crippen LogP contribution in [0.2, 0.25) is 0 Å². The number of carbonyl (C=O) groups is 2. The van der Waals surface area contributed by atoms with Gasteiger partial charge in [-0.15, -0.1) is 0 Å². The summed E-state index contributed by atoms with van der Waals surface area (Å²) >= 11 is 0. The van der Waals surface area contributed by atoms with Crippen molar-refractivity contribution in [2.24, 2.45) is 0 Å². The van der Waals surface area contributed by atoms with Crippen LogP contribution in [0.3, 0.4) is 0 Å². The van der Waals surface area contributed by atoms with Gasteiger partial charge in [-0.25, -0.2) is 0 Å². The number of hydrogen-bond donors (Lipinski definition) is 2. The second kappa shape index (κ2) is 7.70. The lowest BCUT2D eigenvalue weighted by molar-refractivity contribution is 0.0767. The number of aromatic amines is 1. The van der Waals surface area contributed by atoms with Gasteiger partial charge in [0.1, 0.15) is 5.69 Å². The van der Waals surface area contributed by atoms with Crippen LogP contribution in [0.15, 0.2) is 0 Å². The van der Waals surface area contributed by atoms with Gasteiger partial charge in [-0.2, -0.15) is 0 Å². The van der Waals surface area contributed by atoms with E-state index in [1.165, 1.54) is 0 Å². The van der Waals surface area contributed by atoms with Gasteiger partial charge in [-0.05, 0) is 32.3 Å². The zero-order chi connectivity index (χ0) is 18.0. The summed E-state index contributed by atoms with van der Waals surface area (Å²) in [6.45, 7) is 11.3. The SMILES string of the molecule is CCCc1c(C(=O)N2CCC(N3CCNCC3)C2)[nH]c(C)c1C(C)=O. The zero-order valence-electron chi connectivity index (χ0n) is 15.7. The number of H-pyrrole nitrogens is 1. The Hall–Kier alpha value is -1.66. The molecule has 0 bridgehead atoms. The summed E-state index contributed by atoms with van der Waals surface area (Å²) in [4.78, 5) is 32.8. The average molecular weight is 346 g/mol. The number of hydrogen-bond acceptors (Lipinski definition) is 4. The van der Waals surface area contributed by atoms with E-state index in [-0.39, 0.29) is 11.7 Å². The molecule has 0 spiro atoms. The predicted molar refractivity (Wildman–Crippen MR) is 98.3 cm³/mol. The number of Topliss-reactive ketones (excluding diaryl/α,β-unsaturated/α-hetero) is 1. The fourth-order valence-electron chi connectivity index (χ4n) is 4.27. The number of aryl methyl sites for hydroxylation is 1. The topological polar surface area (TPSA) is 68.4 Å². The van der Waals surface area contributed by atoms with Gasteiger partial charge in [0.15, 0.2) is 5.78 Å². The van der Waals surface area contributed by atoms with E-state index in [1.807, 2.05) is 11.8 Å². The molecule has 2 N–H and O–H groups in total. The molecule has 2 aliphatic rings. The first kappa shape index (κ1) is 18.1. The first-order chi connectivity index (χ1) is 12.0. The molecule has 138 valence electrons. The van der Waals surface area contributed by atoms with Crippen LogP contribution in [0.1, 0.15) is 58.8 Å². The summed E-state index contributed by atoms with van der Waals surface area (Å²) in [5.41, 5.74) is 3.06. The van der Waals surface area contributed by atoms with Gasteiger partial charge >= 0.3 is 0 Å². The number of rotatable bonds is 5. The second-order valence-electron chi connectivity index (χ2n) is 7.26. The summed E-state index contributed by atoms with van der Waals surface area (Å²) in [5, 5.41) is 3.38. The van der Waals surface area contributed by atoms with E-state index in [0.29, 0.717) is 17.3 Å². The largest absolute Gasteiger partial charge is 0.354 e. The molecule has 3 rings (SSSR count). The molecule has 1 amide bonds. The van der Waals surface area contributed by atoms with Crippen LogP contribution in [-0.4, -0.2) is 71.8 Å². The molecule has 2 aliphatic heterocycles. The Labute approximate surface area is 149 Å². The Balaban J connectivity index is 1.77. The first-order valence-corrected chi connectivity index (χ1v) is 9.49. The minimum absolute atomic E-state index is 0.0383. The van der Waals surface area contributed by atoms with Gasteiger partial charge in [-0.1, -0.05) is 13.3 Å². The number of nitrogens with zero attached hydrogens (tertiary/aromatic N) is 2. The van der Waals surface area contributed by atoms with Gasteiger partial charge in [0.05, 0.1) is 0 Å². The Morgan fingerprint density at radius 1 is 1.20 bits per heavy atom. The van der Waals surface area contributed by atoms with E-state index in [4.69, 9.17) is 0 Å². The number of aromatic nitrogens is 1. The van der Waals surface area contributed by atoms with E-state index in [0.717, 1.165) is 69.8 Å². The number of likely N-dealkylation sites (tertiary alicyclic amines) is 1. The summed E-state index contributed by atoms with van der Waals surface area (Å²) in [5.74, 6) is 0.0908. The third kappa shape index (κ3) is 3.65. The molecule has 0 aliphatic carbocycles. The highest BCUT2D eigenvalue weighted by atomic mass is 16.2. The molecule has 0 saturated carbocycles. The summed E-state index contributed by atoms with van der Waals surface area (Å²) in [6, 6.07) is 0.462. The van der Waals surface area contributed by atoms with E-state index in [2.05, 4.69) is 22.1 Å². The van der Waals surface area contributed by atoms with Crippen molar-refractivity contribution >= 4 is 11.7 Å². The van der Waals surface area contributed by atoms with Crippen LogP contribution in [-0.2, 0) is 6.42 Å². The van der Waals surface area contributed by atoms with Crippen molar-refractivity contribution in [3.05, 3.63) is 22.5 Å². The Bertz CT molecular complexity index is 646. The fraction of sp³-hybridized carbons (Fsp3) is 0.684. The van der Waals surface area contributed by atoms with Crippen LogP contribution in [0.4, 0.5) is 0 Å². The molecule has 2 fully saturated rings. The molecule has 1 unspecified atom stereocenters. The van der Waals surface area contributed by atoms with Crippen LogP contribution >= 0.6 is 0 Å². The van der Waals surface area contributed by atoms with Crippen LogP contribution in [0.25, 0.3) is 0 Å². The number of amides is 1. The Morgan fingerprint density at radius 3 is 2.56 bits per heavy atom. The van der Waals surface area contributed by atoms with Crippen LogP contribution < -0.4 is 5.32 Å². The first-order valence-electron chi connectivity index (χ1n) is 9.49. The van der Waals surface area contributed by atoms with Crippen LogP contribution in [0.5, 0.6) is 0 Å². The van der Waals surface area contributed by atoms with Gasteiger partial charge in [0.2, 0.25) is 0 Å². The molecule has 1 atom stereocenters. The molecular weight excluding hydrogens is 316 g/mol. The van der Waals surface area contributed by atoms with Crippen molar-refractivity contribution in [2.75, 3.05) is 39.3 Å². The van der Waals surface area contributed by atoms with Gasteiger partial charge in [0.25, 0.3) is 5.91 Å². The van der Waals surface area contributed by atoms with Gasteiger partial charge in [-0.3, -0.25) is 14.5 Å². The lowest BCUT2D eigenvalue weighted by Gasteiger charge is -2.32. The van der Waals surface area contributed by atoms with Gasteiger partial charge in [0, 0.05) is 56.6 Å². The molecule has 2 saturated heterocycles. The molecule has 6 heteroatoms. The quantitative estimate of drug-likeness (QED) is 0.795. The number of ketones is 1. The molecule has 3 heterocycles. The third-order valence-corrected chi connectivity index (χ3v) is 5.48.